The number of benzene rings is 1. The van der Waals surface area contributed by atoms with Crippen molar-refractivity contribution in [2.45, 2.75) is 20.0 Å². The van der Waals surface area contributed by atoms with Crippen LogP contribution in [-0.2, 0) is 0 Å². The second kappa shape index (κ2) is 4.07. The van der Waals surface area contributed by atoms with Crippen LogP contribution in [-0.4, -0.2) is 5.11 Å². The molecular weight excluding hydrogens is 148 g/mol. The number of aliphatic hydroxyl groups excluding tert-OH is 1. The zero-order valence-electron chi connectivity index (χ0n) is 7.49. The van der Waals surface area contributed by atoms with Gasteiger partial charge in [0.1, 0.15) is 0 Å². The van der Waals surface area contributed by atoms with Gasteiger partial charge in [-0.05, 0) is 19.4 Å². The van der Waals surface area contributed by atoms with Crippen molar-refractivity contribution in [3.05, 3.63) is 47.5 Å². The molecule has 12 heavy (non-hydrogen) atoms. The van der Waals surface area contributed by atoms with E-state index in [0.29, 0.717) is 0 Å². The van der Waals surface area contributed by atoms with Gasteiger partial charge in [-0.1, -0.05) is 42.0 Å². The van der Waals surface area contributed by atoms with Gasteiger partial charge in [0.2, 0.25) is 0 Å². The zero-order valence-corrected chi connectivity index (χ0v) is 7.49. The second-order valence-electron chi connectivity index (χ2n) is 3.10. The van der Waals surface area contributed by atoms with E-state index in [1.54, 1.807) is 0 Å². The number of aliphatic hydroxyl groups is 1. The predicted molar refractivity (Wildman–Crippen MR) is 50.8 cm³/mol. The van der Waals surface area contributed by atoms with Gasteiger partial charge in [-0.2, -0.15) is 0 Å². The summed E-state index contributed by atoms with van der Waals surface area (Å²) in [6, 6.07) is 9.64. The maximum atomic E-state index is 9.61. The average molecular weight is 162 g/mol. The van der Waals surface area contributed by atoms with E-state index in [-0.39, 0.29) is 0 Å². The minimum atomic E-state index is -0.462. The van der Waals surface area contributed by atoms with E-state index in [2.05, 4.69) is 0 Å². The lowest BCUT2D eigenvalue weighted by molar-refractivity contribution is 0.227. The second-order valence-corrected chi connectivity index (χ2v) is 3.10. The molecule has 0 spiro atoms. The van der Waals surface area contributed by atoms with Crippen molar-refractivity contribution < 1.29 is 5.11 Å². The van der Waals surface area contributed by atoms with Crippen molar-refractivity contribution in [1.29, 1.82) is 0 Å². The van der Waals surface area contributed by atoms with E-state index in [1.165, 1.54) is 0 Å². The predicted octanol–water partition coefficient (Wildman–Crippen LogP) is 2.69. The molecule has 0 saturated heterocycles. The maximum Gasteiger partial charge on any atom is 0.0974 e. The van der Waals surface area contributed by atoms with Gasteiger partial charge in [0.15, 0.2) is 0 Å². The highest BCUT2D eigenvalue weighted by molar-refractivity contribution is 5.21. The van der Waals surface area contributed by atoms with Crippen LogP contribution in [0.1, 0.15) is 25.5 Å². The van der Waals surface area contributed by atoms with Crippen molar-refractivity contribution in [3.63, 3.8) is 0 Å². The lowest BCUT2D eigenvalue weighted by atomic mass is 10.1. The molecule has 1 atom stereocenters. The number of allylic oxidation sites excluding steroid dienone is 1. The molecule has 1 rings (SSSR count). The van der Waals surface area contributed by atoms with Crippen LogP contribution in [0.4, 0.5) is 0 Å². The SMILES string of the molecule is CC(C)=CC(O)c1ccccc1. The largest absolute Gasteiger partial charge is 0.384 e. The van der Waals surface area contributed by atoms with Gasteiger partial charge in [-0.15, -0.1) is 0 Å². The van der Waals surface area contributed by atoms with E-state index in [1.807, 2.05) is 50.3 Å². The molecule has 1 unspecified atom stereocenters. The molecule has 1 N–H and O–H groups in total. The Bertz CT molecular complexity index is 258. The third kappa shape index (κ3) is 2.51. The topological polar surface area (TPSA) is 20.2 Å². The van der Waals surface area contributed by atoms with Crippen molar-refractivity contribution in [1.82, 2.24) is 0 Å². The van der Waals surface area contributed by atoms with E-state index in [0.717, 1.165) is 11.1 Å². The highest BCUT2D eigenvalue weighted by Crippen LogP contribution is 2.14. The molecule has 0 amide bonds. The summed E-state index contributed by atoms with van der Waals surface area (Å²) in [4.78, 5) is 0. The fourth-order valence-corrected chi connectivity index (χ4v) is 1.06. The quantitative estimate of drug-likeness (QED) is 0.663. The first-order valence-electron chi connectivity index (χ1n) is 4.08. The van der Waals surface area contributed by atoms with Crippen LogP contribution in [0.5, 0.6) is 0 Å². The molecule has 1 heteroatoms. The van der Waals surface area contributed by atoms with Gasteiger partial charge >= 0.3 is 0 Å². The summed E-state index contributed by atoms with van der Waals surface area (Å²) in [6.45, 7) is 3.96. The average Bonchev–Trinajstić information content (AvgIpc) is 2.05. The molecule has 0 heterocycles. The normalized spacial score (nSPS) is 12.2. The van der Waals surface area contributed by atoms with Crippen molar-refractivity contribution in [3.8, 4) is 0 Å². The van der Waals surface area contributed by atoms with Gasteiger partial charge < -0.3 is 5.11 Å². The van der Waals surface area contributed by atoms with Crippen LogP contribution >= 0.6 is 0 Å². The molecule has 1 aromatic carbocycles. The summed E-state index contributed by atoms with van der Waals surface area (Å²) in [5, 5.41) is 9.61. The number of hydrogen-bond donors (Lipinski definition) is 1. The third-order valence-corrected chi connectivity index (χ3v) is 1.63. The first kappa shape index (κ1) is 9.01. The van der Waals surface area contributed by atoms with Crippen LogP contribution in [0, 0.1) is 0 Å². The van der Waals surface area contributed by atoms with Crippen LogP contribution in [0.3, 0.4) is 0 Å². The van der Waals surface area contributed by atoms with E-state index in [4.69, 9.17) is 0 Å². The Balaban J connectivity index is 2.79. The van der Waals surface area contributed by atoms with Gasteiger partial charge in [0.25, 0.3) is 0 Å². The Morgan fingerprint density at radius 1 is 1.25 bits per heavy atom. The van der Waals surface area contributed by atoms with Gasteiger partial charge in [0.05, 0.1) is 6.10 Å². The van der Waals surface area contributed by atoms with Crippen molar-refractivity contribution in [2.24, 2.45) is 0 Å². The Kier molecular flexibility index (Phi) is 3.06. The summed E-state index contributed by atoms with van der Waals surface area (Å²) in [6.07, 6.45) is 1.38. The molecule has 64 valence electrons. The molecule has 0 aromatic heterocycles. The molecule has 0 radical (unpaired) electrons. The monoisotopic (exact) mass is 162 g/mol. The molecule has 0 aliphatic rings. The smallest absolute Gasteiger partial charge is 0.0974 e. The summed E-state index contributed by atoms with van der Waals surface area (Å²) in [7, 11) is 0. The summed E-state index contributed by atoms with van der Waals surface area (Å²) >= 11 is 0. The fourth-order valence-electron chi connectivity index (χ4n) is 1.06. The number of rotatable bonds is 2. The Morgan fingerprint density at radius 2 is 1.83 bits per heavy atom. The Labute approximate surface area is 73.4 Å². The fraction of sp³-hybridized carbons (Fsp3) is 0.273. The molecule has 1 aromatic rings. The summed E-state index contributed by atoms with van der Waals surface area (Å²) in [5.41, 5.74) is 2.07. The highest BCUT2D eigenvalue weighted by atomic mass is 16.3. The maximum absolute atomic E-state index is 9.61. The summed E-state index contributed by atoms with van der Waals surface area (Å²) < 4.78 is 0. The summed E-state index contributed by atoms with van der Waals surface area (Å²) in [5.74, 6) is 0. The molecule has 0 aliphatic carbocycles. The van der Waals surface area contributed by atoms with E-state index in [9.17, 15) is 5.11 Å². The zero-order chi connectivity index (χ0) is 8.97. The lowest BCUT2D eigenvalue weighted by Gasteiger charge is -2.05. The number of hydrogen-bond acceptors (Lipinski definition) is 1. The molecule has 0 aliphatic heterocycles. The van der Waals surface area contributed by atoms with Crippen LogP contribution in [0.25, 0.3) is 0 Å². The van der Waals surface area contributed by atoms with Gasteiger partial charge in [-0.25, -0.2) is 0 Å². The Morgan fingerprint density at radius 3 is 2.33 bits per heavy atom. The van der Waals surface area contributed by atoms with E-state index < -0.39 is 6.10 Å². The molecule has 0 fully saturated rings. The molecule has 0 bridgehead atoms. The third-order valence-electron chi connectivity index (χ3n) is 1.63. The van der Waals surface area contributed by atoms with Gasteiger partial charge in [0, 0.05) is 0 Å². The lowest BCUT2D eigenvalue weighted by Crippen LogP contribution is -1.92. The van der Waals surface area contributed by atoms with Crippen LogP contribution in [0.2, 0.25) is 0 Å². The molecular formula is C11H14O. The standard InChI is InChI=1S/C11H14O/c1-9(2)8-11(12)10-6-4-3-5-7-10/h3-8,11-12H,1-2H3. The minimum Gasteiger partial charge on any atom is -0.384 e. The molecule has 1 nitrogen and oxygen atoms in total. The van der Waals surface area contributed by atoms with Crippen molar-refractivity contribution in [2.75, 3.05) is 0 Å². The minimum absolute atomic E-state index is 0.462. The first-order chi connectivity index (χ1) is 5.70. The Hall–Kier alpha value is -1.08. The van der Waals surface area contributed by atoms with E-state index >= 15 is 0 Å². The van der Waals surface area contributed by atoms with Crippen LogP contribution < -0.4 is 0 Å². The van der Waals surface area contributed by atoms with Crippen LogP contribution in [0.15, 0.2) is 42.0 Å². The van der Waals surface area contributed by atoms with Gasteiger partial charge in [-0.3, -0.25) is 0 Å². The highest BCUT2D eigenvalue weighted by Gasteiger charge is 2.00. The first-order valence-corrected chi connectivity index (χ1v) is 4.08. The van der Waals surface area contributed by atoms with Crippen molar-refractivity contribution >= 4 is 0 Å². The molecule has 0 saturated carbocycles.